The number of alkyl halides is 3. The Morgan fingerprint density at radius 2 is 1.75 bits per heavy atom. The number of amides is 2. The van der Waals surface area contributed by atoms with Crippen molar-refractivity contribution in [1.29, 1.82) is 0 Å². The van der Waals surface area contributed by atoms with Crippen LogP contribution in [0.4, 0.5) is 24.5 Å². The van der Waals surface area contributed by atoms with Gasteiger partial charge in [-0.2, -0.15) is 13.2 Å². The van der Waals surface area contributed by atoms with E-state index in [-0.39, 0.29) is 27.8 Å². The van der Waals surface area contributed by atoms with Crippen LogP contribution in [-0.2, 0) is 15.8 Å². The molecule has 0 unspecified atom stereocenters. The van der Waals surface area contributed by atoms with Crippen molar-refractivity contribution in [2.45, 2.75) is 6.18 Å². The summed E-state index contributed by atoms with van der Waals surface area (Å²) in [5, 5.41) is 2.27. The number of nitrogens with one attached hydrogen (secondary N) is 1. The van der Waals surface area contributed by atoms with Crippen LogP contribution in [0.25, 0.3) is 0 Å². The van der Waals surface area contributed by atoms with Crippen LogP contribution in [0, 0.1) is 0 Å². The summed E-state index contributed by atoms with van der Waals surface area (Å²) in [4.78, 5) is 26.0. The lowest BCUT2D eigenvalue weighted by atomic mass is 10.2. The highest BCUT2D eigenvalue weighted by atomic mass is 35.5. The first-order chi connectivity index (χ1) is 13.1. The number of nitrogens with zero attached hydrogens (tertiary/aromatic N) is 1. The van der Waals surface area contributed by atoms with Gasteiger partial charge in [0.05, 0.1) is 18.4 Å². The van der Waals surface area contributed by atoms with E-state index in [2.05, 4.69) is 5.32 Å². The zero-order valence-corrected chi connectivity index (χ0v) is 15.6. The summed E-state index contributed by atoms with van der Waals surface area (Å²) in [6, 6.07) is 8.47. The number of carbonyl (C=O) groups excluding carboxylic acids is 2. The van der Waals surface area contributed by atoms with Crippen molar-refractivity contribution in [2.24, 2.45) is 0 Å². The molecule has 146 valence electrons. The van der Waals surface area contributed by atoms with Crippen LogP contribution in [0.1, 0.15) is 5.56 Å². The largest absolute Gasteiger partial charge is 0.495 e. The molecule has 1 aliphatic heterocycles. The Morgan fingerprint density at radius 3 is 2.39 bits per heavy atom. The predicted molar refractivity (Wildman–Crippen MR) is 98.4 cm³/mol. The molecular weight excluding hydrogens is 420 g/mol. The van der Waals surface area contributed by atoms with Crippen LogP contribution in [0.5, 0.6) is 5.75 Å². The van der Waals surface area contributed by atoms with Crippen LogP contribution in [-0.4, -0.2) is 18.9 Å². The topological polar surface area (TPSA) is 58.6 Å². The van der Waals surface area contributed by atoms with E-state index >= 15 is 0 Å². The van der Waals surface area contributed by atoms with Crippen LogP contribution in [0.15, 0.2) is 53.2 Å². The van der Waals surface area contributed by atoms with Gasteiger partial charge in [0.1, 0.15) is 16.5 Å². The third-order valence-electron chi connectivity index (χ3n) is 3.87. The van der Waals surface area contributed by atoms with E-state index in [1.165, 1.54) is 37.4 Å². The first-order valence-electron chi connectivity index (χ1n) is 7.70. The van der Waals surface area contributed by atoms with Gasteiger partial charge in [-0.3, -0.25) is 9.59 Å². The third-order valence-corrected chi connectivity index (χ3v) is 4.45. The summed E-state index contributed by atoms with van der Waals surface area (Å²) in [6.45, 7) is 0. The number of rotatable bonds is 4. The SMILES string of the molecule is COc1ccc(Cl)cc1N1C(=O)C(Cl)=C(Nc2cccc(C(F)(F)F)c2)C1=O. The Morgan fingerprint density at radius 1 is 1.04 bits per heavy atom. The number of anilines is 2. The van der Waals surface area contributed by atoms with Gasteiger partial charge in [-0.1, -0.05) is 29.3 Å². The Hall–Kier alpha value is -2.71. The first-order valence-corrected chi connectivity index (χ1v) is 8.45. The molecule has 0 atom stereocenters. The number of imide groups is 1. The maximum atomic E-state index is 12.9. The van der Waals surface area contributed by atoms with E-state index in [0.29, 0.717) is 0 Å². The number of halogens is 5. The smallest absolute Gasteiger partial charge is 0.416 e. The standard InChI is InChI=1S/C18H11Cl2F3N2O3/c1-28-13-6-5-10(19)8-12(13)25-16(26)14(20)15(17(25)27)24-11-4-2-3-9(7-11)18(21,22)23/h2-8,24H,1H3. The highest BCUT2D eigenvalue weighted by Crippen LogP contribution is 2.38. The summed E-state index contributed by atoms with van der Waals surface area (Å²) >= 11 is 11.9. The number of hydrogen-bond donors (Lipinski definition) is 1. The van der Waals surface area contributed by atoms with Gasteiger partial charge in [0, 0.05) is 10.7 Å². The van der Waals surface area contributed by atoms with E-state index < -0.39 is 28.6 Å². The molecular formula is C18H11Cl2F3N2O3. The number of benzene rings is 2. The van der Waals surface area contributed by atoms with Crippen molar-refractivity contribution in [2.75, 3.05) is 17.3 Å². The monoisotopic (exact) mass is 430 g/mol. The number of methoxy groups -OCH3 is 1. The average Bonchev–Trinajstić information content (AvgIpc) is 2.84. The number of ether oxygens (including phenoxy) is 1. The summed E-state index contributed by atoms with van der Waals surface area (Å²) in [6.07, 6.45) is -4.56. The van der Waals surface area contributed by atoms with Crippen LogP contribution in [0.2, 0.25) is 5.02 Å². The van der Waals surface area contributed by atoms with Crippen molar-refractivity contribution in [3.8, 4) is 5.75 Å². The van der Waals surface area contributed by atoms with E-state index in [4.69, 9.17) is 27.9 Å². The second-order valence-electron chi connectivity index (χ2n) is 5.65. The molecule has 1 aliphatic rings. The van der Waals surface area contributed by atoms with Crippen molar-refractivity contribution < 1.29 is 27.5 Å². The van der Waals surface area contributed by atoms with E-state index in [1.54, 1.807) is 0 Å². The maximum Gasteiger partial charge on any atom is 0.416 e. The average molecular weight is 431 g/mol. The van der Waals surface area contributed by atoms with Gasteiger partial charge in [0.2, 0.25) is 0 Å². The Bertz CT molecular complexity index is 1010. The van der Waals surface area contributed by atoms with Crippen molar-refractivity contribution in [3.05, 3.63) is 63.8 Å². The number of carbonyl (C=O) groups is 2. The normalized spacial score (nSPS) is 14.7. The molecule has 0 fully saturated rings. The predicted octanol–water partition coefficient (Wildman–Crippen LogP) is 4.80. The lowest BCUT2D eigenvalue weighted by molar-refractivity contribution is -0.137. The fraction of sp³-hybridized carbons (Fsp3) is 0.111. The molecule has 2 aromatic carbocycles. The van der Waals surface area contributed by atoms with Gasteiger partial charge in [0.15, 0.2) is 0 Å². The second kappa shape index (κ2) is 7.37. The van der Waals surface area contributed by atoms with Crippen molar-refractivity contribution >= 4 is 46.4 Å². The van der Waals surface area contributed by atoms with Gasteiger partial charge >= 0.3 is 6.18 Å². The molecule has 0 radical (unpaired) electrons. The fourth-order valence-electron chi connectivity index (χ4n) is 2.59. The van der Waals surface area contributed by atoms with Crippen molar-refractivity contribution in [1.82, 2.24) is 0 Å². The van der Waals surface area contributed by atoms with Crippen LogP contribution < -0.4 is 15.0 Å². The van der Waals surface area contributed by atoms with Crippen LogP contribution >= 0.6 is 23.2 Å². The molecule has 28 heavy (non-hydrogen) atoms. The molecule has 0 aromatic heterocycles. The fourth-order valence-corrected chi connectivity index (χ4v) is 2.96. The molecule has 2 aromatic rings. The summed E-state index contributed by atoms with van der Waals surface area (Å²) < 4.78 is 43.8. The van der Waals surface area contributed by atoms with Gasteiger partial charge in [-0.15, -0.1) is 0 Å². The zero-order valence-electron chi connectivity index (χ0n) is 14.1. The molecule has 0 saturated heterocycles. The molecule has 0 spiro atoms. The van der Waals surface area contributed by atoms with Gasteiger partial charge in [-0.25, -0.2) is 4.90 Å². The molecule has 1 heterocycles. The Balaban J connectivity index is 1.96. The lowest BCUT2D eigenvalue weighted by Crippen LogP contribution is -2.32. The minimum atomic E-state index is -4.56. The van der Waals surface area contributed by atoms with Crippen LogP contribution in [0.3, 0.4) is 0 Å². The van der Waals surface area contributed by atoms with E-state index in [0.717, 1.165) is 17.0 Å². The summed E-state index contributed by atoms with van der Waals surface area (Å²) in [7, 11) is 1.34. The molecule has 1 N–H and O–H groups in total. The minimum absolute atomic E-state index is 0.0518. The third kappa shape index (κ3) is 3.65. The maximum absolute atomic E-state index is 12.9. The first kappa shape index (κ1) is 20.0. The lowest BCUT2D eigenvalue weighted by Gasteiger charge is -2.18. The highest BCUT2D eigenvalue weighted by Gasteiger charge is 2.40. The Kier molecular flexibility index (Phi) is 5.27. The molecule has 5 nitrogen and oxygen atoms in total. The van der Waals surface area contributed by atoms with Gasteiger partial charge in [-0.05, 0) is 36.4 Å². The molecule has 0 bridgehead atoms. The molecule has 3 rings (SSSR count). The molecule has 0 aliphatic carbocycles. The van der Waals surface area contributed by atoms with Gasteiger partial charge in [0.25, 0.3) is 11.8 Å². The molecule has 0 saturated carbocycles. The zero-order chi connectivity index (χ0) is 20.6. The summed E-state index contributed by atoms with van der Waals surface area (Å²) in [5.41, 5.74) is -1.26. The quantitative estimate of drug-likeness (QED) is 0.707. The highest BCUT2D eigenvalue weighted by molar-refractivity contribution is 6.53. The van der Waals surface area contributed by atoms with Gasteiger partial charge < -0.3 is 10.1 Å². The summed E-state index contributed by atoms with van der Waals surface area (Å²) in [5.74, 6) is -1.52. The van der Waals surface area contributed by atoms with E-state index in [9.17, 15) is 22.8 Å². The second-order valence-corrected chi connectivity index (χ2v) is 6.47. The van der Waals surface area contributed by atoms with Crippen molar-refractivity contribution in [3.63, 3.8) is 0 Å². The molecule has 2 amide bonds. The minimum Gasteiger partial charge on any atom is -0.495 e. The number of hydrogen-bond acceptors (Lipinski definition) is 4. The Labute approximate surface area is 167 Å². The van der Waals surface area contributed by atoms with E-state index in [1.807, 2.05) is 0 Å². The molecule has 10 heteroatoms.